The molecule has 2 N–H and O–H groups in total. The molecule has 82 valence electrons. The zero-order valence-electron chi connectivity index (χ0n) is 8.97. The summed E-state index contributed by atoms with van der Waals surface area (Å²) in [7, 11) is 0. The largest absolute Gasteiger partial charge is 0.341 e. The number of imidazole rings is 1. The van der Waals surface area contributed by atoms with Crippen molar-refractivity contribution in [1.29, 1.82) is 0 Å². The predicted octanol–water partition coefficient (Wildman–Crippen LogP) is 1.15. The predicted molar refractivity (Wildman–Crippen MR) is 59.9 cm³/mol. The van der Waals surface area contributed by atoms with E-state index in [2.05, 4.69) is 20.6 Å². The SMILES string of the molecule is N[C@@H]1CCCN(c2nccn2C2CC2)C1. The summed E-state index contributed by atoms with van der Waals surface area (Å²) in [4.78, 5) is 6.81. The van der Waals surface area contributed by atoms with Crippen molar-refractivity contribution in [3.63, 3.8) is 0 Å². The van der Waals surface area contributed by atoms with Crippen molar-refractivity contribution in [1.82, 2.24) is 9.55 Å². The quantitative estimate of drug-likeness (QED) is 0.789. The van der Waals surface area contributed by atoms with E-state index in [9.17, 15) is 0 Å². The maximum Gasteiger partial charge on any atom is 0.205 e. The molecular weight excluding hydrogens is 188 g/mol. The molecule has 0 aromatic carbocycles. The third-order valence-corrected chi connectivity index (χ3v) is 3.33. The summed E-state index contributed by atoms with van der Waals surface area (Å²) in [6.07, 6.45) is 8.98. The van der Waals surface area contributed by atoms with Gasteiger partial charge in [-0.3, -0.25) is 0 Å². The van der Waals surface area contributed by atoms with Crippen LogP contribution in [0.2, 0.25) is 0 Å². The fourth-order valence-corrected chi connectivity index (χ4v) is 2.38. The van der Waals surface area contributed by atoms with E-state index in [1.807, 2.05) is 6.20 Å². The Morgan fingerprint density at radius 1 is 1.33 bits per heavy atom. The molecule has 0 radical (unpaired) electrons. The van der Waals surface area contributed by atoms with Crippen molar-refractivity contribution in [2.45, 2.75) is 37.8 Å². The summed E-state index contributed by atoms with van der Waals surface area (Å²) in [5.74, 6) is 1.13. The van der Waals surface area contributed by atoms with Crippen molar-refractivity contribution in [3.8, 4) is 0 Å². The summed E-state index contributed by atoms with van der Waals surface area (Å²) in [6, 6.07) is 1.03. The third-order valence-electron chi connectivity index (χ3n) is 3.33. The van der Waals surface area contributed by atoms with Gasteiger partial charge in [0.05, 0.1) is 0 Å². The Morgan fingerprint density at radius 2 is 2.20 bits per heavy atom. The molecule has 1 aliphatic carbocycles. The lowest BCUT2D eigenvalue weighted by molar-refractivity contribution is 0.493. The molecule has 4 heteroatoms. The van der Waals surface area contributed by atoms with Gasteiger partial charge in [-0.1, -0.05) is 0 Å². The number of anilines is 1. The van der Waals surface area contributed by atoms with Gasteiger partial charge in [0.1, 0.15) is 0 Å². The molecular formula is C11H18N4. The van der Waals surface area contributed by atoms with Crippen LogP contribution in [0.4, 0.5) is 5.95 Å². The standard InChI is InChI=1S/C11H18N4/c12-9-2-1-6-14(8-9)11-13-5-7-15(11)10-3-4-10/h5,7,9-10H,1-4,6,8,12H2/t9-/m1/s1. The topological polar surface area (TPSA) is 47.1 Å². The van der Waals surface area contributed by atoms with E-state index in [4.69, 9.17) is 5.73 Å². The second-order valence-corrected chi connectivity index (χ2v) is 4.71. The van der Waals surface area contributed by atoms with Crippen LogP contribution in [0.1, 0.15) is 31.7 Å². The molecule has 2 heterocycles. The summed E-state index contributed by atoms with van der Waals surface area (Å²) in [6.45, 7) is 2.07. The molecule has 4 nitrogen and oxygen atoms in total. The molecule has 1 saturated carbocycles. The van der Waals surface area contributed by atoms with Crippen molar-refractivity contribution in [3.05, 3.63) is 12.4 Å². The molecule has 3 rings (SSSR count). The first-order valence-corrected chi connectivity index (χ1v) is 5.88. The Balaban J connectivity index is 1.81. The highest BCUT2D eigenvalue weighted by Crippen LogP contribution is 2.37. The second kappa shape index (κ2) is 3.52. The van der Waals surface area contributed by atoms with Gasteiger partial charge in [-0.05, 0) is 25.7 Å². The van der Waals surface area contributed by atoms with E-state index in [0.717, 1.165) is 25.5 Å². The van der Waals surface area contributed by atoms with Crippen LogP contribution >= 0.6 is 0 Å². The van der Waals surface area contributed by atoms with Crippen molar-refractivity contribution >= 4 is 5.95 Å². The van der Waals surface area contributed by atoms with Gasteiger partial charge < -0.3 is 15.2 Å². The Bertz CT molecular complexity index is 342. The van der Waals surface area contributed by atoms with Crippen LogP contribution in [-0.2, 0) is 0 Å². The van der Waals surface area contributed by atoms with Gasteiger partial charge in [-0.2, -0.15) is 0 Å². The van der Waals surface area contributed by atoms with E-state index in [-0.39, 0.29) is 0 Å². The van der Waals surface area contributed by atoms with Crippen molar-refractivity contribution in [2.75, 3.05) is 18.0 Å². The van der Waals surface area contributed by atoms with Crippen LogP contribution in [0.25, 0.3) is 0 Å². The number of rotatable bonds is 2. The van der Waals surface area contributed by atoms with Crippen LogP contribution in [0.5, 0.6) is 0 Å². The van der Waals surface area contributed by atoms with E-state index in [1.54, 1.807) is 0 Å². The first-order valence-electron chi connectivity index (χ1n) is 5.88. The fourth-order valence-electron chi connectivity index (χ4n) is 2.38. The minimum Gasteiger partial charge on any atom is -0.341 e. The highest BCUT2D eigenvalue weighted by Gasteiger charge is 2.28. The van der Waals surface area contributed by atoms with E-state index in [1.165, 1.54) is 19.3 Å². The zero-order chi connectivity index (χ0) is 10.3. The number of nitrogens with zero attached hydrogens (tertiary/aromatic N) is 3. The first-order chi connectivity index (χ1) is 7.34. The third kappa shape index (κ3) is 1.74. The number of nitrogens with two attached hydrogens (primary N) is 1. The van der Waals surface area contributed by atoms with Gasteiger partial charge in [-0.25, -0.2) is 4.98 Å². The second-order valence-electron chi connectivity index (χ2n) is 4.71. The number of hydrogen-bond donors (Lipinski definition) is 1. The van der Waals surface area contributed by atoms with Crippen LogP contribution in [-0.4, -0.2) is 28.7 Å². The van der Waals surface area contributed by atoms with Gasteiger partial charge in [0.2, 0.25) is 5.95 Å². The fraction of sp³-hybridized carbons (Fsp3) is 0.727. The molecule has 0 unspecified atom stereocenters. The summed E-state index contributed by atoms with van der Waals surface area (Å²) in [5, 5.41) is 0. The molecule has 1 aliphatic heterocycles. The number of aromatic nitrogens is 2. The van der Waals surface area contributed by atoms with E-state index < -0.39 is 0 Å². The Hall–Kier alpha value is -1.03. The highest BCUT2D eigenvalue weighted by atomic mass is 15.3. The minimum absolute atomic E-state index is 0.322. The summed E-state index contributed by atoms with van der Waals surface area (Å²) >= 11 is 0. The number of piperidine rings is 1. The first kappa shape index (κ1) is 9.21. The monoisotopic (exact) mass is 206 g/mol. The van der Waals surface area contributed by atoms with Gasteiger partial charge in [0.25, 0.3) is 0 Å². The van der Waals surface area contributed by atoms with E-state index >= 15 is 0 Å². The molecule has 2 fully saturated rings. The molecule has 1 atom stereocenters. The van der Waals surface area contributed by atoms with E-state index in [0.29, 0.717) is 12.1 Å². The molecule has 2 aliphatic rings. The number of hydrogen-bond acceptors (Lipinski definition) is 3. The highest BCUT2D eigenvalue weighted by molar-refractivity contribution is 5.33. The van der Waals surface area contributed by atoms with Crippen LogP contribution < -0.4 is 10.6 Å². The molecule has 0 amide bonds. The molecule has 1 aromatic rings. The van der Waals surface area contributed by atoms with Crippen LogP contribution in [0.15, 0.2) is 12.4 Å². The average molecular weight is 206 g/mol. The minimum atomic E-state index is 0.322. The Morgan fingerprint density at radius 3 is 2.93 bits per heavy atom. The van der Waals surface area contributed by atoms with Gasteiger partial charge >= 0.3 is 0 Å². The lowest BCUT2D eigenvalue weighted by Gasteiger charge is -2.31. The zero-order valence-corrected chi connectivity index (χ0v) is 8.97. The maximum absolute atomic E-state index is 5.99. The van der Waals surface area contributed by atoms with Gasteiger partial charge in [0.15, 0.2) is 0 Å². The van der Waals surface area contributed by atoms with Crippen LogP contribution in [0.3, 0.4) is 0 Å². The summed E-state index contributed by atoms with van der Waals surface area (Å²) in [5.41, 5.74) is 5.99. The smallest absolute Gasteiger partial charge is 0.205 e. The van der Waals surface area contributed by atoms with Crippen molar-refractivity contribution < 1.29 is 0 Å². The summed E-state index contributed by atoms with van der Waals surface area (Å²) < 4.78 is 2.32. The Kier molecular flexibility index (Phi) is 2.16. The van der Waals surface area contributed by atoms with Crippen LogP contribution in [0, 0.1) is 0 Å². The van der Waals surface area contributed by atoms with Gasteiger partial charge in [0, 0.05) is 37.6 Å². The molecule has 1 saturated heterocycles. The molecule has 15 heavy (non-hydrogen) atoms. The lowest BCUT2D eigenvalue weighted by atomic mass is 10.1. The van der Waals surface area contributed by atoms with Gasteiger partial charge in [-0.15, -0.1) is 0 Å². The molecule has 1 aromatic heterocycles. The molecule has 0 bridgehead atoms. The normalized spacial score (nSPS) is 27.0. The lowest BCUT2D eigenvalue weighted by Crippen LogP contribution is -2.43. The Labute approximate surface area is 90.1 Å². The molecule has 0 spiro atoms. The van der Waals surface area contributed by atoms with Crippen molar-refractivity contribution in [2.24, 2.45) is 5.73 Å². The average Bonchev–Trinajstić information content (AvgIpc) is 2.96. The maximum atomic E-state index is 5.99.